The third-order valence-corrected chi connectivity index (χ3v) is 3.90. The van der Waals surface area contributed by atoms with Crippen LogP contribution in [0, 0.1) is 5.82 Å². The Morgan fingerprint density at radius 3 is 2.61 bits per heavy atom. The van der Waals surface area contributed by atoms with E-state index in [0.29, 0.717) is 28.3 Å². The maximum absolute atomic E-state index is 13.2. The highest BCUT2D eigenvalue weighted by atomic mass is 19.1. The van der Waals surface area contributed by atoms with Crippen LogP contribution < -0.4 is 10.6 Å². The minimum absolute atomic E-state index is 0.0476. The predicted molar refractivity (Wildman–Crippen MR) is 104 cm³/mol. The van der Waals surface area contributed by atoms with Gasteiger partial charge < -0.3 is 15.4 Å². The van der Waals surface area contributed by atoms with Crippen LogP contribution in [0.15, 0.2) is 66.9 Å². The Bertz CT molecular complexity index is 990. The number of nitrogens with one attached hydrogen (secondary N) is 2. The highest BCUT2D eigenvalue weighted by Gasteiger charge is 2.11. The summed E-state index contributed by atoms with van der Waals surface area (Å²) in [4.78, 5) is 28.1. The molecule has 0 atom stereocenters. The van der Waals surface area contributed by atoms with Crippen molar-refractivity contribution >= 4 is 29.1 Å². The molecule has 0 unspecified atom stereocenters. The summed E-state index contributed by atoms with van der Waals surface area (Å²) in [5, 5.41) is 5.76. The van der Waals surface area contributed by atoms with E-state index >= 15 is 0 Å². The number of esters is 1. The fourth-order valence-corrected chi connectivity index (χ4v) is 2.60. The summed E-state index contributed by atoms with van der Waals surface area (Å²) in [5.41, 5.74) is 2.20. The van der Waals surface area contributed by atoms with Crippen LogP contribution in [-0.2, 0) is 16.0 Å². The van der Waals surface area contributed by atoms with Gasteiger partial charge in [-0.2, -0.15) is 0 Å². The molecule has 0 bridgehead atoms. The molecule has 1 heterocycles. The SMILES string of the molecule is COC(=O)c1ccccc1Nc1ccc(NC(=O)Cc2cccc(F)c2)nc1. The highest BCUT2D eigenvalue weighted by Crippen LogP contribution is 2.21. The van der Waals surface area contributed by atoms with Gasteiger partial charge in [0.05, 0.1) is 36.7 Å². The first kappa shape index (κ1) is 19.0. The van der Waals surface area contributed by atoms with Gasteiger partial charge in [-0.3, -0.25) is 4.79 Å². The van der Waals surface area contributed by atoms with Crippen molar-refractivity contribution in [3.63, 3.8) is 0 Å². The van der Waals surface area contributed by atoms with E-state index in [2.05, 4.69) is 15.6 Å². The van der Waals surface area contributed by atoms with Crippen molar-refractivity contribution in [3.8, 4) is 0 Å². The van der Waals surface area contributed by atoms with Gasteiger partial charge in [0.15, 0.2) is 0 Å². The summed E-state index contributed by atoms with van der Waals surface area (Å²) >= 11 is 0. The molecule has 0 fully saturated rings. The van der Waals surface area contributed by atoms with Crippen molar-refractivity contribution in [2.45, 2.75) is 6.42 Å². The van der Waals surface area contributed by atoms with Gasteiger partial charge in [-0.05, 0) is 42.0 Å². The Kier molecular flexibility index (Phi) is 5.96. The Morgan fingerprint density at radius 1 is 1.07 bits per heavy atom. The van der Waals surface area contributed by atoms with Gasteiger partial charge in [0.1, 0.15) is 11.6 Å². The van der Waals surface area contributed by atoms with Crippen LogP contribution in [-0.4, -0.2) is 24.0 Å². The van der Waals surface area contributed by atoms with Gasteiger partial charge in [0.25, 0.3) is 0 Å². The number of halogens is 1. The zero-order valence-corrected chi connectivity index (χ0v) is 15.1. The molecule has 3 rings (SSSR count). The second-order valence-electron chi connectivity index (χ2n) is 5.95. The van der Waals surface area contributed by atoms with E-state index in [0.717, 1.165) is 0 Å². The Morgan fingerprint density at radius 2 is 1.89 bits per heavy atom. The minimum atomic E-state index is -0.447. The Labute approximate surface area is 161 Å². The number of ether oxygens (including phenoxy) is 1. The molecule has 0 aliphatic carbocycles. The fraction of sp³-hybridized carbons (Fsp3) is 0.0952. The summed E-state index contributed by atoms with van der Waals surface area (Å²) in [5.74, 6) is -0.758. The van der Waals surface area contributed by atoms with Crippen LogP contribution in [0.25, 0.3) is 0 Å². The van der Waals surface area contributed by atoms with E-state index in [4.69, 9.17) is 4.74 Å². The predicted octanol–water partition coefficient (Wildman–Crippen LogP) is 3.93. The topological polar surface area (TPSA) is 80.3 Å². The third-order valence-electron chi connectivity index (χ3n) is 3.90. The molecule has 0 spiro atoms. The number of benzene rings is 2. The van der Waals surface area contributed by atoms with Crippen LogP contribution in [0.1, 0.15) is 15.9 Å². The molecule has 1 amide bonds. The number of pyridine rings is 1. The summed E-state index contributed by atoms with van der Waals surface area (Å²) in [6, 6.07) is 16.2. The van der Waals surface area contributed by atoms with Crippen molar-refractivity contribution < 1.29 is 18.7 Å². The molecule has 0 aliphatic rings. The average Bonchev–Trinajstić information content (AvgIpc) is 2.69. The molecular formula is C21H18FN3O3. The molecule has 0 saturated heterocycles. The van der Waals surface area contributed by atoms with E-state index in [-0.39, 0.29) is 18.1 Å². The Balaban J connectivity index is 1.64. The second-order valence-corrected chi connectivity index (χ2v) is 5.95. The second kappa shape index (κ2) is 8.77. The summed E-state index contributed by atoms with van der Waals surface area (Å²) in [6.45, 7) is 0. The largest absolute Gasteiger partial charge is 0.465 e. The number of methoxy groups -OCH3 is 1. The highest BCUT2D eigenvalue weighted by molar-refractivity contribution is 5.96. The maximum Gasteiger partial charge on any atom is 0.339 e. The number of anilines is 3. The zero-order chi connectivity index (χ0) is 19.9. The summed E-state index contributed by atoms with van der Waals surface area (Å²) < 4.78 is 18.0. The van der Waals surface area contributed by atoms with Gasteiger partial charge in [-0.25, -0.2) is 14.2 Å². The first-order chi connectivity index (χ1) is 13.5. The first-order valence-corrected chi connectivity index (χ1v) is 8.50. The molecule has 1 aromatic heterocycles. The number of carbonyl (C=O) groups is 2. The normalized spacial score (nSPS) is 10.2. The third kappa shape index (κ3) is 4.91. The van der Waals surface area contributed by atoms with Crippen molar-refractivity contribution in [1.82, 2.24) is 4.98 Å². The van der Waals surface area contributed by atoms with E-state index < -0.39 is 5.97 Å². The fourth-order valence-electron chi connectivity index (χ4n) is 2.60. The van der Waals surface area contributed by atoms with Crippen molar-refractivity contribution in [2.75, 3.05) is 17.7 Å². The number of para-hydroxylation sites is 1. The molecule has 0 saturated carbocycles. The lowest BCUT2D eigenvalue weighted by atomic mass is 10.1. The Hall–Kier alpha value is -3.74. The van der Waals surface area contributed by atoms with Gasteiger partial charge in [0.2, 0.25) is 5.91 Å². The lowest BCUT2D eigenvalue weighted by Gasteiger charge is -2.11. The van der Waals surface area contributed by atoms with Crippen LogP contribution in [0.3, 0.4) is 0 Å². The number of hydrogen-bond acceptors (Lipinski definition) is 5. The lowest BCUT2D eigenvalue weighted by Crippen LogP contribution is -2.15. The summed E-state index contributed by atoms with van der Waals surface area (Å²) in [6.07, 6.45) is 1.58. The van der Waals surface area contributed by atoms with Crippen LogP contribution >= 0.6 is 0 Å². The molecule has 7 heteroatoms. The molecular weight excluding hydrogens is 361 g/mol. The van der Waals surface area contributed by atoms with Gasteiger partial charge in [-0.15, -0.1) is 0 Å². The summed E-state index contributed by atoms with van der Waals surface area (Å²) in [7, 11) is 1.32. The molecule has 3 aromatic rings. The molecule has 2 N–H and O–H groups in total. The maximum atomic E-state index is 13.2. The first-order valence-electron chi connectivity index (χ1n) is 8.50. The molecule has 2 aromatic carbocycles. The number of rotatable bonds is 6. The zero-order valence-electron chi connectivity index (χ0n) is 15.1. The van der Waals surface area contributed by atoms with Gasteiger partial charge in [-0.1, -0.05) is 24.3 Å². The van der Waals surface area contributed by atoms with Crippen LogP contribution in [0.2, 0.25) is 0 Å². The average molecular weight is 379 g/mol. The van der Waals surface area contributed by atoms with E-state index in [9.17, 15) is 14.0 Å². The van der Waals surface area contributed by atoms with E-state index in [1.165, 1.54) is 25.4 Å². The molecule has 142 valence electrons. The monoisotopic (exact) mass is 379 g/mol. The molecule has 0 aliphatic heterocycles. The lowest BCUT2D eigenvalue weighted by molar-refractivity contribution is -0.115. The quantitative estimate of drug-likeness (QED) is 0.635. The number of aromatic nitrogens is 1. The standard InChI is InChI=1S/C21H18FN3O3/c1-28-21(27)17-7-2-3-8-18(17)24-16-9-10-19(23-13-16)25-20(26)12-14-5-4-6-15(22)11-14/h2-11,13,24H,12H2,1H3,(H,23,25,26). The molecule has 6 nitrogen and oxygen atoms in total. The van der Waals surface area contributed by atoms with E-state index in [1.54, 1.807) is 48.5 Å². The van der Waals surface area contributed by atoms with Crippen molar-refractivity contribution in [1.29, 1.82) is 0 Å². The van der Waals surface area contributed by atoms with Gasteiger partial charge >= 0.3 is 5.97 Å². The van der Waals surface area contributed by atoms with Crippen LogP contribution in [0.5, 0.6) is 0 Å². The molecule has 28 heavy (non-hydrogen) atoms. The number of nitrogens with zero attached hydrogens (tertiary/aromatic N) is 1. The van der Waals surface area contributed by atoms with E-state index in [1.807, 2.05) is 0 Å². The number of hydrogen-bond donors (Lipinski definition) is 2. The number of amides is 1. The molecule has 0 radical (unpaired) electrons. The smallest absolute Gasteiger partial charge is 0.339 e. The van der Waals surface area contributed by atoms with Crippen molar-refractivity contribution in [3.05, 3.63) is 83.8 Å². The number of carbonyl (C=O) groups excluding carboxylic acids is 2. The van der Waals surface area contributed by atoms with Crippen molar-refractivity contribution in [2.24, 2.45) is 0 Å². The van der Waals surface area contributed by atoms with Crippen LogP contribution in [0.4, 0.5) is 21.6 Å². The van der Waals surface area contributed by atoms with Gasteiger partial charge in [0, 0.05) is 0 Å². The minimum Gasteiger partial charge on any atom is -0.465 e.